The predicted octanol–water partition coefficient (Wildman–Crippen LogP) is 5.67. The molecule has 3 saturated heterocycles. The maximum atomic E-state index is 14.8. The average Bonchev–Trinajstić information content (AvgIpc) is 4.00. The maximum absolute atomic E-state index is 14.8. The normalized spacial score (nSPS) is 21.8. The van der Waals surface area contributed by atoms with Gasteiger partial charge in [0.1, 0.15) is 23.9 Å². The highest BCUT2D eigenvalue weighted by Crippen LogP contribution is 2.42. The number of benzene rings is 2. The Bertz CT molecular complexity index is 2710. The van der Waals surface area contributed by atoms with Crippen molar-refractivity contribution in [2.24, 2.45) is 17.3 Å². The van der Waals surface area contributed by atoms with E-state index in [9.17, 15) is 29.1 Å². The average molecular weight is 1000 g/mol. The van der Waals surface area contributed by atoms with Gasteiger partial charge in [-0.2, -0.15) is 0 Å². The van der Waals surface area contributed by atoms with Crippen molar-refractivity contribution in [3.63, 3.8) is 0 Å². The van der Waals surface area contributed by atoms with Crippen molar-refractivity contribution < 1.29 is 43.3 Å². The molecule has 2 aromatic carbocycles. The molecule has 17 nitrogen and oxygen atoms in total. The third-order valence-corrected chi connectivity index (χ3v) is 14.9. The van der Waals surface area contributed by atoms with Crippen molar-refractivity contribution >= 4 is 40.5 Å². The quantitative estimate of drug-likeness (QED) is 0.117. The second-order valence-electron chi connectivity index (χ2n) is 21.3. The molecular weight excluding hydrogens is 929 g/mol. The van der Waals surface area contributed by atoms with E-state index in [1.165, 1.54) is 9.91 Å². The van der Waals surface area contributed by atoms with Crippen LogP contribution in [0.25, 0.3) is 33.3 Å². The molecule has 3 N–H and O–H groups in total. The first kappa shape index (κ1) is 53.2. The largest absolute Gasteiger partial charge is 0.508 e. The van der Waals surface area contributed by atoms with Crippen molar-refractivity contribution in [1.82, 2.24) is 40.0 Å². The Labute approximate surface area is 429 Å². The molecule has 4 aliphatic heterocycles. The smallest absolute Gasteiger partial charge is 0.324 e. The lowest BCUT2D eigenvalue weighted by Gasteiger charge is -2.37. The first-order valence-corrected chi connectivity index (χ1v) is 26.0. The van der Waals surface area contributed by atoms with Gasteiger partial charge in [0.25, 0.3) is 5.91 Å². The summed E-state index contributed by atoms with van der Waals surface area (Å²) in [6.07, 6.45) is 6.84. The van der Waals surface area contributed by atoms with Gasteiger partial charge in [0, 0.05) is 101 Å². The maximum Gasteiger partial charge on any atom is 0.324 e. The number of carbonyl (C=O) groups is 5. The fourth-order valence-electron chi connectivity index (χ4n) is 11.0. The number of methoxy groups -OCH3 is 1. The molecule has 392 valence electrons. The number of morpholine rings is 1. The summed E-state index contributed by atoms with van der Waals surface area (Å²) in [4.78, 5) is 81.1. The van der Waals surface area contributed by atoms with E-state index in [2.05, 4.69) is 59.2 Å². The molecule has 1 unspecified atom stereocenters. The Morgan fingerprint density at radius 1 is 1.03 bits per heavy atom. The number of aromatic nitrogens is 2. The molecule has 0 spiro atoms. The molecule has 8 rings (SSSR count). The molecule has 5 atom stereocenters. The molecule has 4 aromatic rings. The van der Waals surface area contributed by atoms with Gasteiger partial charge in [-0.3, -0.25) is 38.9 Å². The van der Waals surface area contributed by atoms with Crippen molar-refractivity contribution in [2.75, 3.05) is 73.2 Å². The number of pyridine rings is 1. The summed E-state index contributed by atoms with van der Waals surface area (Å²) in [7, 11) is 3.28. The fraction of sp³-hybridized carbons (Fsp3) is 0.536. The summed E-state index contributed by atoms with van der Waals surface area (Å²) < 4.78 is 19.7. The van der Waals surface area contributed by atoms with Crippen molar-refractivity contribution in [1.29, 1.82) is 0 Å². The number of aryl methyl sites for hydroxylation is 1. The number of amides is 4. The number of nitrogens with zero attached hydrogens (tertiary/aromatic N) is 6. The van der Waals surface area contributed by atoms with E-state index < -0.39 is 47.2 Å². The van der Waals surface area contributed by atoms with Crippen LogP contribution in [0, 0.1) is 17.3 Å². The number of fused-ring (bicyclic) bond motifs is 6. The summed E-state index contributed by atoms with van der Waals surface area (Å²) in [6.45, 7) is 17.2. The molecule has 6 heterocycles. The molecule has 2 aromatic heterocycles. The van der Waals surface area contributed by atoms with Crippen molar-refractivity contribution in [3.8, 4) is 28.1 Å². The van der Waals surface area contributed by atoms with Gasteiger partial charge in [-0.15, -0.1) is 0 Å². The lowest BCUT2D eigenvalue weighted by Crippen LogP contribution is -2.62. The van der Waals surface area contributed by atoms with Crippen LogP contribution in [0.2, 0.25) is 0 Å². The van der Waals surface area contributed by atoms with Gasteiger partial charge in [0.2, 0.25) is 17.7 Å². The zero-order valence-corrected chi connectivity index (χ0v) is 43.8. The number of nitrogens with one attached hydrogen (secondary N) is 2. The molecule has 73 heavy (non-hydrogen) atoms. The van der Waals surface area contributed by atoms with E-state index in [4.69, 9.17) is 19.2 Å². The third kappa shape index (κ3) is 12.0. The van der Waals surface area contributed by atoms with E-state index in [0.717, 1.165) is 52.1 Å². The van der Waals surface area contributed by atoms with Crippen LogP contribution in [0.15, 0.2) is 66.9 Å². The molecule has 0 saturated carbocycles. The highest BCUT2D eigenvalue weighted by Gasteiger charge is 2.40. The monoisotopic (exact) mass is 1000 g/mol. The van der Waals surface area contributed by atoms with Crippen LogP contribution in [-0.2, 0) is 57.6 Å². The Balaban J connectivity index is 1.11. The van der Waals surface area contributed by atoms with Crippen molar-refractivity contribution in [2.45, 2.75) is 104 Å². The summed E-state index contributed by atoms with van der Waals surface area (Å²) in [5.41, 5.74) is 9.54. The Morgan fingerprint density at radius 2 is 1.81 bits per heavy atom. The second-order valence-corrected chi connectivity index (χ2v) is 21.3. The number of likely N-dealkylation sites (N-methyl/N-ethyl adjacent to an activating group) is 1. The molecule has 6 bridgehead atoms. The van der Waals surface area contributed by atoms with Gasteiger partial charge < -0.3 is 39.0 Å². The van der Waals surface area contributed by atoms with E-state index in [0.29, 0.717) is 69.7 Å². The lowest BCUT2D eigenvalue weighted by atomic mass is 9.84. The Hall–Kier alpha value is -6.14. The van der Waals surface area contributed by atoms with Gasteiger partial charge in [-0.1, -0.05) is 45.9 Å². The van der Waals surface area contributed by atoms with E-state index >= 15 is 0 Å². The summed E-state index contributed by atoms with van der Waals surface area (Å²) in [6, 6.07) is 12.5. The number of carbonyl (C=O) groups excluding carboxylic acids is 5. The zero-order valence-electron chi connectivity index (χ0n) is 43.8. The zero-order chi connectivity index (χ0) is 52.1. The van der Waals surface area contributed by atoms with Gasteiger partial charge >= 0.3 is 5.97 Å². The topological polar surface area (TPSA) is 188 Å². The minimum absolute atomic E-state index is 0.0118. The van der Waals surface area contributed by atoms with Gasteiger partial charge in [0.15, 0.2) is 0 Å². The number of phenols is 1. The van der Waals surface area contributed by atoms with E-state index in [1.807, 2.05) is 45.0 Å². The van der Waals surface area contributed by atoms with Crippen LogP contribution in [-0.4, -0.2) is 155 Å². The van der Waals surface area contributed by atoms with Crippen LogP contribution < -0.4 is 10.7 Å². The number of likely N-dealkylation sites (tertiary alicyclic amines) is 1. The van der Waals surface area contributed by atoms with Gasteiger partial charge in [-0.05, 0) is 104 Å². The number of hydrogen-bond acceptors (Lipinski definition) is 12. The number of ether oxygens (including phenoxy) is 3. The Kier molecular flexibility index (Phi) is 16.7. The summed E-state index contributed by atoms with van der Waals surface area (Å²) in [5, 5.41) is 16.8. The molecule has 17 heteroatoms. The van der Waals surface area contributed by atoms with Crippen LogP contribution in [0.3, 0.4) is 0 Å². The predicted molar refractivity (Wildman–Crippen MR) is 278 cm³/mol. The lowest BCUT2D eigenvalue weighted by molar-refractivity contribution is -0.155. The highest BCUT2D eigenvalue weighted by molar-refractivity contribution is 5.96. The number of hydrogen-bond donors (Lipinski definition) is 3. The van der Waals surface area contributed by atoms with E-state index in [-0.39, 0.29) is 55.7 Å². The Morgan fingerprint density at radius 3 is 2.55 bits per heavy atom. The molecular formula is C56H74N8O9. The minimum atomic E-state index is -1.17. The van der Waals surface area contributed by atoms with Crippen LogP contribution >= 0.6 is 0 Å². The van der Waals surface area contributed by atoms with Crippen LogP contribution in [0.1, 0.15) is 83.7 Å². The van der Waals surface area contributed by atoms with E-state index in [1.54, 1.807) is 43.5 Å². The number of esters is 1. The number of rotatable bonds is 12. The summed E-state index contributed by atoms with van der Waals surface area (Å²) in [5.74, 6) is -2.77. The first-order valence-electron chi connectivity index (χ1n) is 26.0. The molecule has 0 aliphatic carbocycles. The van der Waals surface area contributed by atoms with Crippen LogP contribution in [0.4, 0.5) is 0 Å². The molecule has 4 aliphatic rings. The van der Waals surface area contributed by atoms with Gasteiger partial charge in [-0.25, -0.2) is 5.43 Å². The standard InChI is InChI=1S/C56H74N8O9/c1-9-63-47-17-16-38-31-43(47)44(51(63)42-13-10-19-57-49(42)36(4)71-8)32-56(5,6)34-73-55(70)45-14-11-21-64(59-45)54(69)46(29-37-27-40(38)30-41(65)28-37)58-52(67)50(35(2)3)60(7)53(68)39-18-22-62(33-39)48(66)15-12-20-61-23-25-72-26-24-61/h10,12-13,15-17,19,27-28,30-31,35-36,39,45-46,50,59,65H,9,11,14,18,20-26,29,32-34H2,1-8H3,(H,58,67)/b15-12+/t36-,39-,45-,46-,50?/m0/s1. The SMILES string of the molecule is CCn1c(-c2cccnc2[C@H](C)OC)c2c3cc(ccc31)-c1cc(O)cc(c1)C[C@H](NC(=O)C(C(C)C)N(C)C(=O)[C@H]1CCN(C(=O)/C=C/CN3CCOCC3)C1)C(=O)N1CCC[C@H](N1)C(=O)OCC(C)(C)C2. The van der Waals surface area contributed by atoms with Crippen LogP contribution in [0.5, 0.6) is 5.75 Å². The summed E-state index contributed by atoms with van der Waals surface area (Å²) >= 11 is 0. The fourth-order valence-corrected chi connectivity index (χ4v) is 11.0. The number of hydrazine groups is 1. The number of aromatic hydroxyl groups is 1. The molecule has 3 fully saturated rings. The van der Waals surface area contributed by atoms with Gasteiger partial charge in [0.05, 0.1) is 43.2 Å². The van der Waals surface area contributed by atoms with Crippen molar-refractivity contribution in [3.05, 3.63) is 83.7 Å². The minimum Gasteiger partial charge on any atom is -0.508 e. The highest BCUT2D eigenvalue weighted by atomic mass is 16.5. The second kappa shape index (κ2) is 23.0. The first-order chi connectivity index (χ1) is 35.0. The molecule has 4 amide bonds. The molecule has 0 radical (unpaired) electrons. The third-order valence-electron chi connectivity index (χ3n) is 14.9. The number of cyclic esters (lactones) is 1. The number of phenolic OH excluding ortho intramolecular Hbond substituents is 1.